The van der Waals surface area contributed by atoms with Gasteiger partial charge in [-0.3, -0.25) is 9.48 Å². The molecule has 0 radical (unpaired) electrons. The van der Waals surface area contributed by atoms with E-state index in [4.69, 9.17) is 4.42 Å². The molecular weight excluding hydrogens is 322 g/mol. The third-order valence-electron chi connectivity index (χ3n) is 3.88. The van der Waals surface area contributed by atoms with Crippen molar-refractivity contribution in [1.82, 2.24) is 15.1 Å². The number of rotatable bonds is 5. The summed E-state index contributed by atoms with van der Waals surface area (Å²) in [6, 6.07) is 13.2. The number of furan rings is 1. The zero-order valence-electron chi connectivity index (χ0n) is 12.8. The van der Waals surface area contributed by atoms with Crippen LogP contribution in [0.15, 0.2) is 70.0 Å². The van der Waals surface area contributed by atoms with Crippen LogP contribution >= 0.6 is 11.3 Å². The number of hydrogen-bond acceptors (Lipinski definition) is 4. The summed E-state index contributed by atoms with van der Waals surface area (Å²) >= 11 is 1.63. The SMILES string of the molecule is O=C(NCC(c1ccsc1)n1cccn1)c1cc2ccccc2o1. The largest absolute Gasteiger partial charge is 0.451 e. The Morgan fingerprint density at radius 3 is 2.96 bits per heavy atom. The van der Waals surface area contributed by atoms with E-state index in [-0.39, 0.29) is 11.9 Å². The van der Waals surface area contributed by atoms with E-state index in [1.54, 1.807) is 23.6 Å². The summed E-state index contributed by atoms with van der Waals surface area (Å²) in [4.78, 5) is 12.4. The van der Waals surface area contributed by atoms with Crippen LogP contribution in [-0.4, -0.2) is 22.2 Å². The van der Waals surface area contributed by atoms with Crippen molar-refractivity contribution in [2.24, 2.45) is 0 Å². The van der Waals surface area contributed by atoms with Crippen molar-refractivity contribution in [2.45, 2.75) is 6.04 Å². The second kappa shape index (κ2) is 6.33. The van der Waals surface area contributed by atoms with Crippen molar-refractivity contribution in [3.8, 4) is 0 Å². The average molecular weight is 337 g/mol. The van der Waals surface area contributed by atoms with Gasteiger partial charge < -0.3 is 9.73 Å². The number of carbonyl (C=O) groups is 1. The number of nitrogens with zero attached hydrogens (tertiary/aromatic N) is 2. The lowest BCUT2D eigenvalue weighted by atomic mass is 10.1. The van der Waals surface area contributed by atoms with Crippen LogP contribution in [0, 0.1) is 0 Å². The maximum absolute atomic E-state index is 12.4. The standard InChI is InChI=1S/C18H15N3O2S/c22-18(17-10-13-4-1-2-5-16(13)23-17)19-11-15(14-6-9-24-12-14)21-8-3-7-20-21/h1-10,12,15H,11H2,(H,19,22). The zero-order valence-corrected chi connectivity index (χ0v) is 13.6. The van der Waals surface area contributed by atoms with Gasteiger partial charge in [0, 0.05) is 24.3 Å². The minimum atomic E-state index is -0.224. The smallest absolute Gasteiger partial charge is 0.287 e. The lowest BCUT2D eigenvalue weighted by molar-refractivity contribution is 0.0923. The molecule has 6 heteroatoms. The molecule has 3 heterocycles. The molecule has 3 aromatic heterocycles. The van der Waals surface area contributed by atoms with Crippen molar-refractivity contribution in [3.63, 3.8) is 0 Å². The number of fused-ring (bicyclic) bond motifs is 1. The highest BCUT2D eigenvalue weighted by Crippen LogP contribution is 2.21. The number of aromatic nitrogens is 2. The molecule has 1 amide bonds. The highest BCUT2D eigenvalue weighted by Gasteiger charge is 2.18. The van der Waals surface area contributed by atoms with Gasteiger partial charge in [-0.1, -0.05) is 18.2 Å². The van der Waals surface area contributed by atoms with Crippen LogP contribution in [0.3, 0.4) is 0 Å². The van der Waals surface area contributed by atoms with Gasteiger partial charge in [-0.25, -0.2) is 0 Å². The van der Waals surface area contributed by atoms with Crippen LogP contribution in [0.5, 0.6) is 0 Å². The second-order valence-electron chi connectivity index (χ2n) is 5.42. The molecule has 0 aliphatic carbocycles. The highest BCUT2D eigenvalue weighted by atomic mass is 32.1. The maximum atomic E-state index is 12.4. The Morgan fingerprint density at radius 2 is 2.21 bits per heavy atom. The fourth-order valence-corrected chi connectivity index (χ4v) is 3.37. The molecule has 24 heavy (non-hydrogen) atoms. The number of carbonyl (C=O) groups excluding carboxylic acids is 1. The van der Waals surface area contributed by atoms with Gasteiger partial charge in [0.05, 0.1) is 6.04 Å². The minimum absolute atomic E-state index is 0.0421. The van der Waals surface area contributed by atoms with Gasteiger partial charge >= 0.3 is 0 Å². The fourth-order valence-electron chi connectivity index (χ4n) is 2.66. The second-order valence-corrected chi connectivity index (χ2v) is 6.20. The van der Waals surface area contributed by atoms with Crippen LogP contribution in [0.25, 0.3) is 11.0 Å². The van der Waals surface area contributed by atoms with Crippen molar-refractivity contribution < 1.29 is 9.21 Å². The van der Waals surface area contributed by atoms with Crippen molar-refractivity contribution in [3.05, 3.63) is 76.9 Å². The zero-order chi connectivity index (χ0) is 16.4. The van der Waals surface area contributed by atoms with E-state index in [1.807, 2.05) is 52.7 Å². The first-order chi connectivity index (χ1) is 11.8. The minimum Gasteiger partial charge on any atom is -0.451 e. The molecule has 0 spiro atoms. The summed E-state index contributed by atoms with van der Waals surface area (Å²) in [6.45, 7) is 0.439. The van der Waals surface area contributed by atoms with E-state index in [9.17, 15) is 4.79 Å². The molecule has 0 aliphatic rings. The van der Waals surface area contributed by atoms with E-state index in [1.165, 1.54) is 0 Å². The first kappa shape index (κ1) is 14.7. The third kappa shape index (κ3) is 2.83. The van der Waals surface area contributed by atoms with E-state index >= 15 is 0 Å². The Balaban J connectivity index is 1.52. The molecule has 0 bridgehead atoms. The first-order valence-electron chi connectivity index (χ1n) is 7.59. The highest BCUT2D eigenvalue weighted by molar-refractivity contribution is 7.07. The first-order valence-corrected chi connectivity index (χ1v) is 8.53. The molecular formula is C18H15N3O2S. The fraction of sp³-hybridized carbons (Fsp3) is 0.111. The molecule has 4 rings (SSSR count). The summed E-state index contributed by atoms with van der Waals surface area (Å²) in [7, 11) is 0. The monoisotopic (exact) mass is 337 g/mol. The van der Waals surface area contributed by atoms with Crippen LogP contribution in [0.2, 0.25) is 0 Å². The van der Waals surface area contributed by atoms with Gasteiger partial charge in [0.25, 0.3) is 5.91 Å². The van der Waals surface area contributed by atoms with Gasteiger partial charge in [0.2, 0.25) is 0 Å². The summed E-state index contributed by atoms with van der Waals surface area (Å²) < 4.78 is 7.46. The number of amides is 1. The van der Waals surface area contributed by atoms with Gasteiger partial charge in [-0.15, -0.1) is 0 Å². The number of benzene rings is 1. The quantitative estimate of drug-likeness (QED) is 0.604. The van der Waals surface area contributed by atoms with Gasteiger partial charge in [-0.2, -0.15) is 16.4 Å². The van der Waals surface area contributed by atoms with E-state index < -0.39 is 0 Å². The molecule has 4 aromatic rings. The predicted octanol–water partition coefficient (Wildman–Crippen LogP) is 3.71. The third-order valence-corrected chi connectivity index (χ3v) is 4.58. The summed E-state index contributed by atoms with van der Waals surface area (Å²) in [5.41, 5.74) is 1.83. The molecule has 0 saturated carbocycles. The van der Waals surface area contributed by atoms with Crippen LogP contribution in [0.1, 0.15) is 22.2 Å². The van der Waals surface area contributed by atoms with Crippen molar-refractivity contribution in [1.29, 1.82) is 0 Å². The number of nitrogens with one attached hydrogen (secondary N) is 1. The maximum Gasteiger partial charge on any atom is 0.287 e. The summed E-state index contributed by atoms with van der Waals surface area (Å²) in [5.74, 6) is 0.0966. The lowest BCUT2D eigenvalue weighted by Gasteiger charge is -2.17. The van der Waals surface area contributed by atoms with E-state index in [0.717, 1.165) is 10.9 Å². The Kier molecular flexibility index (Phi) is 3.88. The van der Waals surface area contributed by atoms with Crippen LogP contribution < -0.4 is 5.32 Å². The molecule has 1 aromatic carbocycles. The van der Waals surface area contributed by atoms with Gasteiger partial charge in [-0.05, 0) is 40.6 Å². The number of thiophene rings is 1. The predicted molar refractivity (Wildman–Crippen MR) is 93.2 cm³/mol. The number of para-hydroxylation sites is 1. The van der Waals surface area contributed by atoms with Gasteiger partial charge in [0.1, 0.15) is 5.58 Å². The molecule has 5 nitrogen and oxygen atoms in total. The molecule has 0 saturated heterocycles. The Bertz CT molecular complexity index is 875. The van der Waals surface area contributed by atoms with Crippen molar-refractivity contribution in [2.75, 3.05) is 6.54 Å². The average Bonchev–Trinajstić information content (AvgIpc) is 3.35. The molecule has 120 valence electrons. The normalized spacial score (nSPS) is 12.3. The Morgan fingerprint density at radius 1 is 1.29 bits per heavy atom. The Hall–Kier alpha value is -2.86. The van der Waals surface area contributed by atoms with Gasteiger partial charge in [0.15, 0.2) is 5.76 Å². The summed E-state index contributed by atoms with van der Waals surface area (Å²) in [5, 5.41) is 12.3. The van der Waals surface area contributed by atoms with Crippen LogP contribution in [-0.2, 0) is 0 Å². The molecule has 1 N–H and O–H groups in total. The molecule has 0 fully saturated rings. The number of hydrogen-bond donors (Lipinski definition) is 1. The van der Waals surface area contributed by atoms with Crippen LogP contribution in [0.4, 0.5) is 0 Å². The molecule has 0 aliphatic heterocycles. The molecule has 1 atom stereocenters. The topological polar surface area (TPSA) is 60.1 Å². The lowest BCUT2D eigenvalue weighted by Crippen LogP contribution is -2.31. The molecule has 1 unspecified atom stereocenters. The van der Waals surface area contributed by atoms with E-state index in [0.29, 0.717) is 17.9 Å². The summed E-state index contributed by atoms with van der Waals surface area (Å²) in [6.07, 6.45) is 3.64. The Labute approximate surface area is 142 Å². The van der Waals surface area contributed by atoms with Crippen molar-refractivity contribution >= 4 is 28.2 Å². The van der Waals surface area contributed by atoms with E-state index in [2.05, 4.69) is 15.8 Å².